The van der Waals surface area contributed by atoms with Gasteiger partial charge in [-0.1, -0.05) is 29.8 Å². The summed E-state index contributed by atoms with van der Waals surface area (Å²) < 4.78 is 27.3. The zero-order chi connectivity index (χ0) is 13.9. The van der Waals surface area contributed by atoms with Crippen LogP contribution in [0.5, 0.6) is 0 Å². The van der Waals surface area contributed by atoms with Crippen LogP contribution in [0.15, 0.2) is 16.6 Å². The second-order valence-corrected chi connectivity index (χ2v) is 5.54. The molecule has 0 saturated carbocycles. The van der Waals surface area contributed by atoms with Crippen molar-refractivity contribution in [3.05, 3.63) is 28.2 Å². The van der Waals surface area contributed by atoms with Crippen molar-refractivity contribution in [3.63, 3.8) is 0 Å². The van der Waals surface area contributed by atoms with Crippen LogP contribution in [0.2, 0.25) is 0 Å². The minimum absolute atomic E-state index is 0.275. The van der Waals surface area contributed by atoms with Gasteiger partial charge in [0.2, 0.25) is 5.91 Å². The first-order valence-corrected chi connectivity index (χ1v) is 6.23. The van der Waals surface area contributed by atoms with Gasteiger partial charge in [0, 0.05) is 9.89 Å². The van der Waals surface area contributed by atoms with Gasteiger partial charge in [0.15, 0.2) is 11.6 Å². The predicted molar refractivity (Wildman–Crippen MR) is 70.1 cm³/mol. The van der Waals surface area contributed by atoms with Gasteiger partial charge >= 0.3 is 0 Å². The van der Waals surface area contributed by atoms with Gasteiger partial charge in [-0.3, -0.25) is 4.79 Å². The topological polar surface area (TPSA) is 55.1 Å². The Morgan fingerprint density at radius 3 is 2.33 bits per heavy atom. The van der Waals surface area contributed by atoms with Crippen LogP contribution in [0, 0.1) is 17.0 Å². The molecule has 0 atom stereocenters. The van der Waals surface area contributed by atoms with Gasteiger partial charge in [-0.05, 0) is 25.1 Å². The quantitative estimate of drug-likeness (QED) is 0.895. The Hall–Kier alpha value is -1.01. The van der Waals surface area contributed by atoms with Gasteiger partial charge < -0.3 is 11.1 Å². The third-order valence-electron chi connectivity index (χ3n) is 2.63. The monoisotopic (exact) mass is 320 g/mol. The van der Waals surface area contributed by atoms with E-state index >= 15 is 0 Å². The smallest absolute Gasteiger partial charge is 0.230 e. The normalized spacial score (nSPS) is 11.4. The van der Waals surface area contributed by atoms with E-state index in [1.807, 2.05) is 0 Å². The maximum absolute atomic E-state index is 13.5. The van der Waals surface area contributed by atoms with Gasteiger partial charge in [-0.2, -0.15) is 0 Å². The van der Waals surface area contributed by atoms with Crippen molar-refractivity contribution in [3.8, 4) is 0 Å². The van der Waals surface area contributed by atoms with E-state index in [4.69, 9.17) is 5.73 Å². The molecular formula is C12H15BrF2N2O. The molecule has 0 aliphatic rings. The van der Waals surface area contributed by atoms with Crippen LogP contribution < -0.4 is 11.1 Å². The first-order chi connectivity index (χ1) is 8.27. The maximum Gasteiger partial charge on any atom is 0.230 e. The molecule has 100 valence electrons. The maximum atomic E-state index is 13.5. The molecule has 1 amide bonds. The average molecular weight is 321 g/mol. The molecule has 0 fully saturated rings. The lowest BCUT2D eigenvalue weighted by Gasteiger charge is -2.23. The van der Waals surface area contributed by atoms with Crippen LogP contribution >= 0.6 is 15.9 Å². The lowest BCUT2D eigenvalue weighted by Crippen LogP contribution is -2.33. The van der Waals surface area contributed by atoms with Crippen molar-refractivity contribution in [1.29, 1.82) is 0 Å². The second kappa shape index (κ2) is 5.75. The van der Waals surface area contributed by atoms with Crippen molar-refractivity contribution >= 4 is 27.5 Å². The van der Waals surface area contributed by atoms with Crippen molar-refractivity contribution in [2.45, 2.75) is 20.3 Å². The SMILES string of the molecule is CC(C)(CCN)C(=O)Nc1c(F)cc(Br)cc1F. The highest BCUT2D eigenvalue weighted by atomic mass is 79.9. The first-order valence-electron chi connectivity index (χ1n) is 5.44. The fourth-order valence-corrected chi connectivity index (χ4v) is 1.82. The van der Waals surface area contributed by atoms with E-state index in [1.165, 1.54) is 0 Å². The van der Waals surface area contributed by atoms with E-state index in [1.54, 1.807) is 13.8 Å². The zero-order valence-electron chi connectivity index (χ0n) is 10.2. The summed E-state index contributed by atoms with van der Waals surface area (Å²) in [4.78, 5) is 11.9. The Labute approximate surface area is 113 Å². The fraction of sp³-hybridized carbons (Fsp3) is 0.417. The second-order valence-electron chi connectivity index (χ2n) is 4.62. The molecule has 1 aromatic carbocycles. The number of nitrogens with two attached hydrogens (primary N) is 1. The number of nitrogens with one attached hydrogen (secondary N) is 1. The summed E-state index contributed by atoms with van der Waals surface area (Å²) in [5, 5.41) is 2.27. The minimum Gasteiger partial charge on any atom is -0.330 e. The molecule has 0 bridgehead atoms. The molecule has 3 nitrogen and oxygen atoms in total. The molecule has 1 aromatic rings. The Kier molecular flexibility index (Phi) is 4.81. The van der Waals surface area contributed by atoms with Gasteiger partial charge in [-0.25, -0.2) is 8.78 Å². The third-order valence-corrected chi connectivity index (χ3v) is 3.09. The summed E-state index contributed by atoms with van der Waals surface area (Å²) in [6, 6.07) is 2.18. The summed E-state index contributed by atoms with van der Waals surface area (Å²) in [5.74, 6) is -2.11. The molecule has 0 radical (unpaired) electrons. The molecule has 0 spiro atoms. The number of carbonyl (C=O) groups is 1. The largest absolute Gasteiger partial charge is 0.330 e. The van der Waals surface area contributed by atoms with Crippen molar-refractivity contribution in [2.24, 2.45) is 11.1 Å². The van der Waals surface area contributed by atoms with E-state index in [-0.39, 0.29) is 4.47 Å². The number of carbonyl (C=O) groups excluding carboxylic acids is 1. The molecule has 0 aliphatic heterocycles. The number of benzene rings is 1. The van der Waals surface area contributed by atoms with Gasteiger partial charge in [-0.15, -0.1) is 0 Å². The van der Waals surface area contributed by atoms with Crippen LogP contribution in [0.3, 0.4) is 0 Å². The number of anilines is 1. The predicted octanol–water partition coefficient (Wildman–Crippen LogP) is 3.04. The number of halogens is 3. The summed E-state index contributed by atoms with van der Waals surface area (Å²) in [6.07, 6.45) is 0.429. The fourth-order valence-electron chi connectivity index (χ4n) is 1.42. The highest BCUT2D eigenvalue weighted by Gasteiger charge is 2.28. The molecule has 0 saturated heterocycles. The van der Waals surface area contributed by atoms with Crippen LogP contribution in [0.25, 0.3) is 0 Å². The Bertz CT molecular complexity index is 440. The van der Waals surface area contributed by atoms with Crippen molar-refractivity contribution in [1.82, 2.24) is 0 Å². The summed E-state index contributed by atoms with van der Waals surface area (Å²) in [7, 11) is 0. The lowest BCUT2D eigenvalue weighted by atomic mass is 9.88. The van der Waals surface area contributed by atoms with Crippen molar-refractivity contribution in [2.75, 3.05) is 11.9 Å². The molecule has 18 heavy (non-hydrogen) atoms. The molecule has 1 rings (SSSR count). The summed E-state index contributed by atoms with van der Waals surface area (Å²) in [5.41, 5.74) is 4.18. The molecule has 3 N–H and O–H groups in total. The summed E-state index contributed by atoms with van der Waals surface area (Å²) in [6.45, 7) is 3.67. The average Bonchev–Trinajstić information content (AvgIpc) is 2.22. The van der Waals surface area contributed by atoms with Gasteiger partial charge in [0.25, 0.3) is 0 Å². The Balaban J connectivity index is 2.95. The van der Waals surface area contributed by atoms with E-state index in [2.05, 4.69) is 21.2 Å². The number of hydrogen-bond acceptors (Lipinski definition) is 2. The van der Waals surface area contributed by atoms with Gasteiger partial charge in [0.05, 0.1) is 0 Å². The lowest BCUT2D eigenvalue weighted by molar-refractivity contribution is -0.124. The van der Waals surface area contributed by atoms with E-state index in [9.17, 15) is 13.6 Å². The van der Waals surface area contributed by atoms with Crippen LogP contribution in [-0.2, 0) is 4.79 Å². The highest BCUT2D eigenvalue weighted by molar-refractivity contribution is 9.10. The number of rotatable bonds is 4. The van der Waals surface area contributed by atoms with E-state index < -0.39 is 28.6 Å². The third kappa shape index (κ3) is 3.49. The van der Waals surface area contributed by atoms with Crippen LogP contribution in [-0.4, -0.2) is 12.5 Å². The molecule has 0 heterocycles. The van der Waals surface area contributed by atoms with Crippen LogP contribution in [0.4, 0.5) is 14.5 Å². The molecule has 6 heteroatoms. The number of amides is 1. The molecule has 0 aliphatic carbocycles. The molecule has 0 unspecified atom stereocenters. The van der Waals surface area contributed by atoms with E-state index in [0.29, 0.717) is 13.0 Å². The van der Waals surface area contributed by atoms with Gasteiger partial charge in [0.1, 0.15) is 5.69 Å². The van der Waals surface area contributed by atoms with E-state index in [0.717, 1.165) is 12.1 Å². The standard InChI is InChI=1S/C12H15BrF2N2O/c1-12(2,3-4-16)11(18)17-10-8(14)5-7(13)6-9(10)15/h5-6H,3-4,16H2,1-2H3,(H,17,18). The van der Waals surface area contributed by atoms with Crippen molar-refractivity contribution < 1.29 is 13.6 Å². The molecular weight excluding hydrogens is 306 g/mol. The Morgan fingerprint density at radius 2 is 1.89 bits per heavy atom. The molecule has 0 aromatic heterocycles. The summed E-state index contributed by atoms with van der Waals surface area (Å²) >= 11 is 2.97. The Morgan fingerprint density at radius 1 is 1.39 bits per heavy atom. The number of hydrogen-bond donors (Lipinski definition) is 2. The highest BCUT2D eigenvalue weighted by Crippen LogP contribution is 2.27. The van der Waals surface area contributed by atoms with Crippen LogP contribution in [0.1, 0.15) is 20.3 Å². The zero-order valence-corrected chi connectivity index (χ0v) is 11.8. The minimum atomic E-state index is -0.821. The first kappa shape index (κ1) is 15.0.